The normalized spacial score (nSPS) is 15.8. The summed E-state index contributed by atoms with van der Waals surface area (Å²) in [6.07, 6.45) is 7.17. The van der Waals surface area contributed by atoms with E-state index in [9.17, 15) is 4.79 Å². The molecular weight excluding hydrogens is 264 g/mol. The molecule has 0 aromatic carbocycles. The van der Waals surface area contributed by atoms with E-state index in [4.69, 9.17) is 0 Å². The van der Waals surface area contributed by atoms with Gasteiger partial charge in [0.25, 0.3) is 0 Å². The van der Waals surface area contributed by atoms with Crippen LogP contribution in [0.3, 0.4) is 0 Å². The van der Waals surface area contributed by atoms with Crippen LogP contribution >= 0.6 is 0 Å². The molecule has 0 saturated heterocycles. The van der Waals surface area contributed by atoms with E-state index < -0.39 is 0 Å². The number of carbonyl (C=O) groups excluding carboxylic acids is 1. The maximum absolute atomic E-state index is 12.1. The van der Waals surface area contributed by atoms with Gasteiger partial charge in [-0.1, -0.05) is 0 Å². The number of allylic oxidation sites excluding steroid dienone is 1. The summed E-state index contributed by atoms with van der Waals surface area (Å²) in [7, 11) is 2.02. The lowest BCUT2D eigenvalue weighted by atomic mass is 10.1. The molecule has 5 heteroatoms. The summed E-state index contributed by atoms with van der Waals surface area (Å²) < 4.78 is 1.86. The van der Waals surface area contributed by atoms with Gasteiger partial charge in [0.1, 0.15) is 5.82 Å². The maximum atomic E-state index is 12.1. The van der Waals surface area contributed by atoms with Gasteiger partial charge in [-0.3, -0.25) is 4.79 Å². The second-order valence-corrected chi connectivity index (χ2v) is 5.53. The minimum absolute atomic E-state index is 0.00313. The fraction of sp³-hybridized carbons (Fsp3) is 0.312. The Hall–Kier alpha value is -2.43. The van der Waals surface area contributed by atoms with E-state index in [1.165, 1.54) is 0 Å². The SMILES string of the molecule is CC(C)N(C)c1ccc(C=C2Cn3ccnc3C2=O)cn1. The third kappa shape index (κ3) is 2.46. The highest BCUT2D eigenvalue weighted by Crippen LogP contribution is 2.21. The lowest BCUT2D eigenvalue weighted by Crippen LogP contribution is -2.26. The van der Waals surface area contributed by atoms with Crippen molar-refractivity contribution in [3.63, 3.8) is 0 Å². The molecular formula is C16H18N4O. The van der Waals surface area contributed by atoms with Crippen molar-refractivity contribution >= 4 is 17.7 Å². The van der Waals surface area contributed by atoms with Crippen LogP contribution in [0.25, 0.3) is 6.08 Å². The van der Waals surface area contributed by atoms with Gasteiger partial charge >= 0.3 is 0 Å². The van der Waals surface area contributed by atoms with E-state index in [0.717, 1.165) is 17.0 Å². The topological polar surface area (TPSA) is 51.0 Å². The quantitative estimate of drug-likeness (QED) is 0.811. The number of hydrogen-bond donors (Lipinski definition) is 0. The van der Waals surface area contributed by atoms with Crippen molar-refractivity contribution < 1.29 is 4.79 Å². The summed E-state index contributed by atoms with van der Waals surface area (Å²) in [6, 6.07) is 4.36. The fourth-order valence-electron chi connectivity index (χ4n) is 2.31. The predicted octanol–water partition coefficient (Wildman–Crippen LogP) is 2.40. The zero-order valence-electron chi connectivity index (χ0n) is 12.4. The number of fused-ring (bicyclic) bond motifs is 1. The Morgan fingerprint density at radius 1 is 1.33 bits per heavy atom. The van der Waals surface area contributed by atoms with E-state index in [-0.39, 0.29) is 5.78 Å². The molecule has 0 saturated carbocycles. The molecule has 1 aliphatic rings. The smallest absolute Gasteiger partial charge is 0.226 e. The van der Waals surface area contributed by atoms with Gasteiger partial charge in [-0.05, 0) is 37.6 Å². The third-order valence-corrected chi connectivity index (χ3v) is 3.80. The number of carbonyl (C=O) groups is 1. The minimum Gasteiger partial charge on any atom is -0.357 e. The van der Waals surface area contributed by atoms with Crippen LogP contribution < -0.4 is 4.90 Å². The molecule has 0 unspecified atom stereocenters. The molecule has 3 heterocycles. The standard InChI is InChI=1S/C16H18N4O/c1-11(2)19(3)14-5-4-12(9-18-14)8-13-10-20-7-6-17-16(20)15(13)21/h4-9,11H,10H2,1-3H3. The first-order valence-electron chi connectivity index (χ1n) is 7.01. The van der Waals surface area contributed by atoms with Crippen molar-refractivity contribution in [2.75, 3.05) is 11.9 Å². The van der Waals surface area contributed by atoms with E-state index in [1.54, 1.807) is 12.4 Å². The Morgan fingerprint density at radius 3 is 2.76 bits per heavy atom. The molecule has 108 valence electrons. The van der Waals surface area contributed by atoms with E-state index in [2.05, 4.69) is 28.7 Å². The molecule has 5 nitrogen and oxygen atoms in total. The van der Waals surface area contributed by atoms with Crippen LogP contribution in [0.15, 0.2) is 36.3 Å². The molecule has 0 spiro atoms. The molecule has 0 aliphatic carbocycles. The number of ketones is 1. The number of imidazole rings is 1. The van der Waals surface area contributed by atoms with E-state index >= 15 is 0 Å². The first kappa shape index (κ1) is 13.5. The average Bonchev–Trinajstić information content (AvgIpc) is 3.03. The van der Waals surface area contributed by atoms with Crippen molar-refractivity contribution in [2.45, 2.75) is 26.4 Å². The summed E-state index contributed by atoms with van der Waals surface area (Å²) in [5, 5.41) is 0. The fourth-order valence-corrected chi connectivity index (χ4v) is 2.31. The Bertz CT molecular complexity index is 697. The van der Waals surface area contributed by atoms with Crippen molar-refractivity contribution in [3.05, 3.63) is 47.7 Å². The number of hydrogen-bond acceptors (Lipinski definition) is 4. The molecule has 0 atom stereocenters. The Morgan fingerprint density at radius 2 is 2.14 bits per heavy atom. The summed E-state index contributed by atoms with van der Waals surface area (Å²) in [6.45, 7) is 4.83. The van der Waals surface area contributed by atoms with Crippen LogP contribution in [0, 0.1) is 0 Å². The number of rotatable bonds is 3. The first-order valence-corrected chi connectivity index (χ1v) is 7.01. The lowest BCUT2D eigenvalue weighted by Gasteiger charge is -2.22. The van der Waals surface area contributed by atoms with Crippen LogP contribution in [0.4, 0.5) is 5.82 Å². The number of pyridine rings is 1. The molecule has 1 aliphatic heterocycles. The van der Waals surface area contributed by atoms with Gasteiger partial charge in [-0.25, -0.2) is 9.97 Å². The number of nitrogens with zero attached hydrogens (tertiary/aromatic N) is 4. The zero-order valence-corrected chi connectivity index (χ0v) is 12.4. The second kappa shape index (κ2) is 5.16. The number of anilines is 1. The highest BCUT2D eigenvalue weighted by molar-refractivity contribution is 6.11. The van der Waals surface area contributed by atoms with Crippen LogP contribution in [-0.2, 0) is 6.54 Å². The van der Waals surface area contributed by atoms with Gasteiger partial charge in [0.15, 0.2) is 5.82 Å². The highest BCUT2D eigenvalue weighted by Gasteiger charge is 2.25. The molecule has 0 radical (unpaired) electrons. The van der Waals surface area contributed by atoms with Crippen LogP contribution in [0.2, 0.25) is 0 Å². The zero-order chi connectivity index (χ0) is 15.0. The molecule has 0 bridgehead atoms. The average molecular weight is 282 g/mol. The van der Waals surface area contributed by atoms with Gasteiger partial charge < -0.3 is 9.47 Å². The van der Waals surface area contributed by atoms with Gasteiger partial charge in [-0.15, -0.1) is 0 Å². The highest BCUT2D eigenvalue weighted by atomic mass is 16.1. The number of Topliss-reactive ketones (excluding diaryl/α,β-unsaturated/α-hetero) is 1. The number of aromatic nitrogens is 3. The Labute approximate surface area is 123 Å². The predicted molar refractivity (Wildman–Crippen MR) is 82.3 cm³/mol. The van der Waals surface area contributed by atoms with Crippen molar-refractivity contribution in [1.29, 1.82) is 0 Å². The van der Waals surface area contributed by atoms with Crippen LogP contribution in [-0.4, -0.2) is 33.4 Å². The van der Waals surface area contributed by atoms with Crippen molar-refractivity contribution in [3.8, 4) is 0 Å². The van der Waals surface area contributed by atoms with Gasteiger partial charge in [0.2, 0.25) is 5.78 Å². The van der Waals surface area contributed by atoms with Crippen LogP contribution in [0.5, 0.6) is 0 Å². The Balaban J connectivity index is 1.82. The molecule has 0 amide bonds. The minimum atomic E-state index is 0.00313. The third-order valence-electron chi connectivity index (χ3n) is 3.80. The molecule has 3 rings (SSSR count). The van der Waals surface area contributed by atoms with E-state index in [0.29, 0.717) is 18.4 Å². The maximum Gasteiger partial charge on any atom is 0.226 e. The largest absolute Gasteiger partial charge is 0.357 e. The molecule has 21 heavy (non-hydrogen) atoms. The molecule has 2 aromatic heterocycles. The Kier molecular flexibility index (Phi) is 3.33. The van der Waals surface area contributed by atoms with Crippen molar-refractivity contribution in [2.24, 2.45) is 0 Å². The van der Waals surface area contributed by atoms with Crippen molar-refractivity contribution in [1.82, 2.24) is 14.5 Å². The first-order chi connectivity index (χ1) is 10.1. The van der Waals surface area contributed by atoms with Crippen LogP contribution in [0.1, 0.15) is 30.0 Å². The summed E-state index contributed by atoms with van der Waals surface area (Å²) in [5.74, 6) is 1.45. The summed E-state index contributed by atoms with van der Waals surface area (Å²) in [5.41, 5.74) is 1.69. The monoisotopic (exact) mass is 282 g/mol. The summed E-state index contributed by atoms with van der Waals surface area (Å²) >= 11 is 0. The van der Waals surface area contributed by atoms with Gasteiger partial charge in [0, 0.05) is 37.3 Å². The second-order valence-electron chi connectivity index (χ2n) is 5.53. The van der Waals surface area contributed by atoms with Gasteiger partial charge in [0.05, 0.1) is 6.54 Å². The molecule has 0 fully saturated rings. The molecule has 2 aromatic rings. The summed E-state index contributed by atoms with van der Waals surface area (Å²) in [4.78, 5) is 22.8. The van der Waals surface area contributed by atoms with E-state index in [1.807, 2.05) is 36.0 Å². The molecule has 0 N–H and O–H groups in total. The van der Waals surface area contributed by atoms with Gasteiger partial charge in [-0.2, -0.15) is 0 Å². The lowest BCUT2D eigenvalue weighted by molar-refractivity contribution is 0.103.